The van der Waals surface area contributed by atoms with Crippen LogP contribution in [-0.2, 0) is 14.4 Å². The van der Waals surface area contributed by atoms with E-state index in [0.29, 0.717) is 25.8 Å². The molecule has 0 rings (SSSR count). The molecule has 8 N–H and O–H groups in total. The number of carbonyl (C=O) groups excluding carboxylic acids is 2. The Kier molecular flexibility index (Phi) is 9.26. The monoisotopic (exact) mass is 304 g/mol. The largest absolute Gasteiger partial charge is 0.480 e. The van der Waals surface area contributed by atoms with E-state index in [1.807, 2.05) is 0 Å². The molecule has 21 heavy (non-hydrogen) atoms. The summed E-state index contributed by atoms with van der Waals surface area (Å²) in [6, 6.07) is -3.12. The van der Waals surface area contributed by atoms with Gasteiger partial charge in [-0.3, -0.25) is 9.59 Å². The fourth-order valence-corrected chi connectivity index (χ4v) is 1.52. The molecule has 0 saturated heterocycles. The van der Waals surface area contributed by atoms with Crippen molar-refractivity contribution >= 4 is 17.8 Å². The summed E-state index contributed by atoms with van der Waals surface area (Å²) >= 11 is 0. The fraction of sp³-hybridized carbons (Fsp3) is 0.750. The van der Waals surface area contributed by atoms with Gasteiger partial charge in [-0.25, -0.2) is 4.79 Å². The number of nitrogens with one attached hydrogen (secondary N) is 2. The Hall–Kier alpha value is -1.71. The Bertz CT molecular complexity index is 362. The lowest BCUT2D eigenvalue weighted by atomic mass is 10.1. The maximum absolute atomic E-state index is 12.0. The minimum absolute atomic E-state index is 0.305. The second kappa shape index (κ2) is 10.1. The van der Waals surface area contributed by atoms with Gasteiger partial charge < -0.3 is 32.3 Å². The van der Waals surface area contributed by atoms with E-state index in [1.54, 1.807) is 0 Å². The van der Waals surface area contributed by atoms with Crippen molar-refractivity contribution in [2.45, 2.75) is 44.3 Å². The summed E-state index contributed by atoms with van der Waals surface area (Å²) in [6.45, 7) is 1.18. The Balaban J connectivity index is 4.71. The number of hydrogen-bond donors (Lipinski definition) is 6. The quantitative estimate of drug-likeness (QED) is 0.243. The van der Waals surface area contributed by atoms with Crippen LogP contribution >= 0.6 is 0 Å². The topological polar surface area (TPSA) is 168 Å². The lowest BCUT2D eigenvalue weighted by molar-refractivity contribution is -0.143. The molecule has 0 unspecified atom stereocenters. The van der Waals surface area contributed by atoms with Crippen molar-refractivity contribution in [1.82, 2.24) is 10.6 Å². The second-order valence-electron chi connectivity index (χ2n) is 4.72. The van der Waals surface area contributed by atoms with Gasteiger partial charge in [-0.15, -0.1) is 0 Å². The van der Waals surface area contributed by atoms with E-state index < -0.39 is 42.5 Å². The number of unbranched alkanes of at least 4 members (excludes halogenated alkanes) is 1. The molecule has 0 aromatic carbocycles. The Labute approximate surface area is 123 Å². The third-order valence-electron chi connectivity index (χ3n) is 2.79. The van der Waals surface area contributed by atoms with Crippen LogP contribution in [0.15, 0.2) is 0 Å². The number of carboxylic acids is 1. The van der Waals surface area contributed by atoms with Crippen LogP contribution in [0.5, 0.6) is 0 Å². The Morgan fingerprint density at radius 2 is 1.67 bits per heavy atom. The predicted molar refractivity (Wildman–Crippen MR) is 75.1 cm³/mol. The Morgan fingerprint density at radius 1 is 1.10 bits per heavy atom. The van der Waals surface area contributed by atoms with Crippen LogP contribution in [0.25, 0.3) is 0 Å². The summed E-state index contributed by atoms with van der Waals surface area (Å²) in [5, 5.41) is 22.3. The summed E-state index contributed by atoms with van der Waals surface area (Å²) in [5.41, 5.74) is 10.8. The molecule has 3 atom stereocenters. The lowest BCUT2D eigenvalue weighted by Gasteiger charge is -2.21. The molecule has 0 aliphatic carbocycles. The van der Waals surface area contributed by atoms with E-state index in [2.05, 4.69) is 10.6 Å². The van der Waals surface area contributed by atoms with E-state index in [1.165, 1.54) is 6.92 Å². The molecule has 0 bridgehead atoms. The van der Waals surface area contributed by atoms with Gasteiger partial charge >= 0.3 is 5.97 Å². The van der Waals surface area contributed by atoms with Gasteiger partial charge in [0.2, 0.25) is 11.8 Å². The molecule has 0 aliphatic rings. The van der Waals surface area contributed by atoms with Crippen LogP contribution in [0, 0.1) is 0 Å². The molecule has 9 heteroatoms. The predicted octanol–water partition coefficient (Wildman–Crippen LogP) is -2.49. The normalized spacial score (nSPS) is 14.9. The highest BCUT2D eigenvalue weighted by Gasteiger charge is 2.26. The first kappa shape index (κ1) is 19.3. The van der Waals surface area contributed by atoms with Crippen LogP contribution in [0.1, 0.15) is 26.2 Å². The van der Waals surface area contributed by atoms with Gasteiger partial charge in [0.25, 0.3) is 0 Å². The van der Waals surface area contributed by atoms with Crippen molar-refractivity contribution in [1.29, 1.82) is 0 Å². The molecule has 0 aliphatic heterocycles. The van der Waals surface area contributed by atoms with Crippen molar-refractivity contribution in [3.8, 4) is 0 Å². The van der Waals surface area contributed by atoms with Crippen molar-refractivity contribution in [2.75, 3.05) is 13.2 Å². The first-order valence-corrected chi connectivity index (χ1v) is 6.73. The van der Waals surface area contributed by atoms with Gasteiger partial charge in [0, 0.05) is 0 Å². The third kappa shape index (κ3) is 7.59. The molecule has 0 spiro atoms. The second-order valence-corrected chi connectivity index (χ2v) is 4.72. The van der Waals surface area contributed by atoms with Gasteiger partial charge in [0.1, 0.15) is 12.1 Å². The number of aliphatic hydroxyl groups excluding tert-OH is 1. The number of carbonyl (C=O) groups is 3. The zero-order chi connectivity index (χ0) is 16.4. The average molecular weight is 304 g/mol. The van der Waals surface area contributed by atoms with Crippen LogP contribution < -0.4 is 22.1 Å². The highest BCUT2D eigenvalue weighted by atomic mass is 16.4. The maximum Gasteiger partial charge on any atom is 0.328 e. The van der Waals surface area contributed by atoms with E-state index in [0.717, 1.165) is 0 Å². The van der Waals surface area contributed by atoms with E-state index in [4.69, 9.17) is 21.7 Å². The third-order valence-corrected chi connectivity index (χ3v) is 2.79. The number of aliphatic hydroxyl groups is 1. The van der Waals surface area contributed by atoms with Crippen molar-refractivity contribution in [3.63, 3.8) is 0 Å². The number of nitrogens with two attached hydrogens (primary N) is 2. The summed E-state index contributed by atoms with van der Waals surface area (Å²) in [6.07, 6.45) is 1.56. The minimum atomic E-state index is -1.42. The van der Waals surface area contributed by atoms with Crippen molar-refractivity contribution in [3.05, 3.63) is 0 Å². The number of amides is 2. The molecule has 0 radical (unpaired) electrons. The lowest BCUT2D eigenvalue weighted by Crippen LogP contribution is -2.54. The molecule has 0 saturated carbocycles. The van der Waals surface area contributed by atoms with Gasteiger partial charge in [-0.05, 0) is 32.7 Å². The summed E-state index contributed by atoms with van der Waals surface area (Å²) < 4.78 is 0. The van der Waals surface area contributed by atoms with Gasteiger partial charge in [-0.2, -0.15) is 0 Å². The number of hydrogen-bond acceptors (Lipinski definition) is 6. The molecule has 0 aromatic rings. The van der Waals surface area contributed by atoms with Gasteiger partial charge in [0.05, 0.1) is 12.6 Å². The zero-order valence-corrected chi connectivity index (χ0v) is 12.0. The van der Waals surface area contributed by atoms with Gasteiger partial charge in [-0.1, -0.05) is 0 Å². The van der Waals surface area contributed by atoms with Crippen molar-refractivity contribution in [2.24, 2.45) is 11.5 Å². The van der Waals surface area contributed by atoms with Crippen LogP contribution in [0.3, 0.4) is 0 Å². The summed E-state index contributed by atoms with van der Waals surface area (Å²) in [4.78, 5) is 34.4. The summed E-state index contributed by atoms with van der Waals surface area (Å²) in [5.74, 6) is -2.55. The molecule has 0 heterocycles. The van der Waals surface area contributed by atoms with Crippen LogP contribution in [0.4, 0.5) is 0 Å². The molecular formula is C12H24N4O5. The fourth-order valence-electron chi connectivity index (χ4n) is 1.52. The molecule has 2 amide bonds. The molecule has 0 aromatic heterocycles. The van der Waals surface area contributed by atoms with Crippen LogP contribution in [-0.4, -0.2) is 59.3 Å². The summed E-state index contributed by atoms with van der Waals surface area (Å²) in [7, 11) is 0. The highest BCUT2D eigenvalue weighted by Crippen LogP contribution is 2.02. The van der Waals surface area contributed by atoms with Crippen molar-refractivity contribution < 1.29 is 24.6 Å². The number of rotatable bonds is 10. The molecule has 0 fully saturated rings. The smallest absolute Gasteiger partial charge is 0.328 e. The zero-order valence-electron chi connectivity index (χ0n) is 12.0. The SMILES string of the molecule is C[C@H](N)C(=O)N[C@@H](CCCCN)C(=O)N[C@@H](CO)C(=O)O. The maximum atomic E-state index is 12.0. The van der Waals surface area contributed by atoms with Crippen LogP contribution in [0.2, 0.25) is 0 Å². The molecule has 9 nitrogen and oxygen atoms in total. The molecular weight excluding hydrogens is 280 g/mol. The molecule has 122 valence electrons. The van der Waals surface area contributed by atoms with Gasteiger partial charge in [0.15, 0.2) is 0 Å². The number of carboxylic acid groups (broad SMARTS) is 1. The minimum Gasteiger partial charge on any atom is -0.480 e. The highest BCUT2D eigenvalue weighted by molar-refractivity contribution is 5.91. The standard InChI is InChI=1S/C12H24N4O5/c1-7(14)10(18)15-8(4-2-3-5-13)11(19)16-9(6-17)12(20)21/h7-9,17H,2-6,13-14H2,1H3,(H,15,18)(H,16,19)(H,20,21)/t7-,8-,9-/m0/s1. The Morgan fingerprint density at radius 3 is 2.10 bits per heavy atom. The average Bonchev–Trinajstić information content (AvgIpc) is 2.42. The first-order valence-electron chi connectivity index (χ1n) is 6.73. The number of aliphatic carboxylic acids is 1. The van der Waals surface area contributed by atoms with E-state index >= 15 is 0 Å². The van der Waals surface area contributed by atoms with E-state index in [-0.39, 0.29) is 0 Å². The van der Waals surface area contributed by atoms with E-state index in [9.17, 15) is 14.4 Å². The first-order chi connectivity index (χ1) is 9.83.